The fraction of sp³-hybridized carbons (Fsp3) is 0.733. The second-order valence-corrected chi connectivity index (χ2v) is 6.04. The van der Waals surface area contributed by atoms with Gasteiger partial charge in [-0.1, -0.05) is 44.6 Å². The topological polar surface area (TPSA) is 0 Å². The van der Waals surface area contributed by atoms with Crippen LogP contribution in [0.5, 0.6) is 0 Å². The lowest BCUT2D eigenvalue weighted by molar-refractivity contribution is 0.168. The molecule has 0 amide bonds. The molecule has 2 atom stereocenters. The predicted octanol–water partition coefficient (Wildman–Crippen LogP) is 4.73. The Morgan fingerprint density at radius 1 is 1.33 bits per heavy atom. The third kappa shape index (κ3) is 1.91. The average Bonchev–Trinajstić information content (AvgIpc) is 2.17. The van der Waals surface area contributed by atoms with Gasteiger partial charge in [0, 0.05) is 5.92 Å². The maximum atomic E-state index is 4.29. The Morgan fingerprint density at radius 2 is 2.07 bits per heavy atom. The van der Waals surface area contributed by atoms with Crippen molar-refractivity contribution in [1.82, 2.24) is 0 Å². The number of hydrogen-bond donors (Lipinski definition) is 0. The Kier molecular flexibility index (Phi) is 2.79. The predicted molar refractivity (Wildman–Crippen MR) is 66.7 cm³/mol. The molecule has 0 bridgehead atoms. The molecule has 2 aliphatic rings. The van der Waals surface area contributed by atoms with E-state index in [0.29, 0.717) is 11.3 Å². The molecule has 2 aliphatic carbocycles. The summed E-state index contributed by atoms with van der Waals surface area (Å²) in [5.74, 6) is 1.40. The molecule has 0 aromatic rings. The van der Waals surface area contributed by atoms with Crippen LogP contribution in [0.15, 0.2) is 23.8 Å². The van der Waals surface area contributed by atoms with Crippen LogP contribution in [0.25, 0.3) is 0 Å². The highest BCUT2D eigenvalue weighted by atomic mass is 14.4. The van der Waals surface area contributed by atoms with Crippen molar-refractivity contribution in [1.29, 1.82) is 0 Å². The first-order valence-corrected chi connectivity index (χ1v) is 6.41. The molecule has 2 rings (SSSR count). The van der Waals surface area contributed by atoms with Crippen molar-refractivity contribution in [2.75, 3.05) is 0 Å². The first-order valence-electron chi connectivity index (χ1n) is 6.41. The molecule has 0 radical (unpaired) electrons. The van der Waals surface area contributed by atoms with Crippen LogP contribution in [0.2, 0.25) is 0 Å². The van der Waals surface area contributed by atoms with Crippen LogP contribution in [-0.2, 0) is 0 Å². The molecule has 0 heterocycles. The van der Waals surface area contributed by atoms with Crippen molar-refractivity contribution in [3.8, 4) is 0 Å². The highest BCUT2D eigenvalue weighted by Crippen LogP contribution is 2.51. The average molecular weight is 204 g/mol. The van der Waals surface area contributed by atoms with E-state index in [1.165, 1.54) is 37.7 Å². The number of allylic oxidation sites excluding steroid dienone is 3. The van der Waals surface area contributed by atoms with Crippen molar-refractivity contribution in [2.24, 2.45) is 17.3 Å². The van der Waals surface area contributed by atoms with Crippen molar-refractivity contribution in [3.05, 3.63) is 23.8 Å². The summed E-state index contributed by atoms with van der Waals surface area (Å²) in [6.07, 6.45) is 9.26. The Labute approximate surface area is 94.5 Å². The molecule has 0 aromatic heterocycles. The molecule has 0 N–H and O–H groups in total. The Balaban J connectivity index is 2.28. The zero-order valence-electron chi connectivity index (χ0n) is 10.5. The Hall–Kier alpha value is -0.520. The molecule has 0 aromatic carbocycles. The van der Waals surface area contributed by atoms with Gasteiger partial charge in [0.15, 0.2) is 0 Å². The maximum absolute atomic E-state index is 4.29. The zero-order valence-corrected chi connectivity index (χ0v) is 10.5. The molecule has 1 saturated carbocycles. The third-order valence-corrected chi connectivity index (χ3v) is 4.54. The molecular formula is C15H24. The molecule has 1 fully saturated rings. The lowest BCUT2D eigenvalue weighted by atomic mass is 9.59. The molecule has 2 unspecified atom stereocenters. The van der Waals surface area contributed by atoms with Gasteiger partial charge >= 0.3 is 0 Å². The quantitative estimate of drug-likeness (QED) is 0.542. The van der Waals surface area contributed by atoms with Crippen LogP contribution in [0.4, 0.5) is 0 Å². The van der Waals surface area contributed by atoms with Crippen molar-refractivity contribution < 1.29 is 0 Å². The maximum Gasteiger partial charge on any atom is 0.00308 e. The Morgan fingerprint density at radius 3 is 2.73 bits per heavy atom. The van der Waals surface area contributed by atoms with Crippen LogP contribution >= 0.6 is 0 Å². The summed E-state index contributed by atoms with van der Waals surface area (Å²) in [6.45, 7) is 11.4. The largest absolute Gasteiger partial charge is 0.0992 e. The van der Waals surface area contributed by atoms with E-state index in [-0.39, 0.29) is 0 Å². The van der Waals surface area contributed by atoms with Crippen LogP contribution in [-0.4, -0.2) is 0 Å². The van der Waals surface area contributed by atoms with Crippen LogP contribution in [0.3, 0.4) is 0 Å². The van der Waals surface area contributed by atoms with Crippen LogP contribution in [0, 0.1) is 17.3 Å². The zero-order chi connectivity index (χ0) is 11.1. The summed E-state index contributed by atoms with van der Waals surface area (Å²) in [7, 11) is 0. The first-order chi connectivity index (χ1) is 7.03. The number of rotatable bonds is 1. The SMILES string of the molecule is C=C1CCCC2(C)CCC(C(C)C)=CC12. The van der Waals surface area contributed by atoms with Gasteiger partial charge in [0.1, 0.15) is 0 Å². The van der Waals surface area contributed by atoms with E-state index in [1.807, 2.05) is 0 Å². The first kappa shape index (κ1) is 11.0. The van der Waals surface area contributed by atoms with E-state index in [0.717, 1.165) is 5.92 Å². The van der Waals surface area contributed by atoms with Crippen molar-refractivity contribution in [3.63, 3.8) is 0 Å². The standard InChI is InChI=1S/C15H24/c1-11(2)13-7-9-15(4)8-5-6-12(3)14(15)10-13/h10-11,14H,3,5-9H2,1-2,4H3. The molecular weight excluding hydrogens is 180 g/mol. The molecule has 0 aliphatic heterocycles. The van der Waals surface area contributed by atoms with E-state index >= 15 is 0 Å². The Bertz CT molecular complexity index is 295. The van der Waals surface area contributed by atoms with Gasteiger partial charge in [-0.25, -0.2) is 0 Å². The summed E-state index contributed by atoms with van der Waals surface area (Å²) in [5, 5.41) is 0. The van der Waals surface area contributed by atoms with Gasteiger partial charge < -0.3 is 0 Å². The molecule has 84 valence electrons. The minimum absolute atomic E-state index is 0.535. The van der Waals surface area contributed by atoms with E-state index in [1.54, 1.807) is 5.57 Å². The van der Waals surface area contributed by atoms with Gasteiger partial charge in [-0.15, -0.1) is 0 Å². The minimum Gasteiger partial charge on any atom is -0.0992 e. The third-order valence-electron chi connectivity index (χ3n) is 4.54. The van der Waals surface area contributed by atoms with Crippen molar-refractivity contribution in [2.45, 2.75) is 52.9 Å². The summed E-state index contributed by atoms with van der Waals surface area (Å²) in [5.41, 5.74) is 3.69. The fourth-order valence-corrected chi connectivity index (χ4v) is 3.33. The molecule has 0 heteroatoms. The highest BCUT2D eigenvalue weighted by Gasteiger charge is 2.39. The van der Waals surface area contributed by atoms with Crippen LogP contribution in [0.1, 0.15) is 52.9 Å². The van der Waals surface area contributed by atoms with Crippen molar-refractivity contribution >= 4 is 0 Å². The number of hydrogen-bond acceptors (Lipinski definition) is 0. The van der Waals surface area contributed by atoms with Gasteiger partial charge in [0.05, 0.1) is 0 Å². The second-order valence-electron chi connectivity index (χ2n) is 6.04. The monoisotopic (exact) mass is 204 g/mol. The number of fused-ring (bicyclic) bond motifs is 1. The van der Waals surface area contributed by atoms with Crippen LogP contribution < -0.4 is 0 Å². The van der Waals surface area contributed by atoms with E-state index in [9.17, 15) is 0 Å². The van der Waals surface area contributed by atoms with E-state index < -0.39 is 0 Å². The van der Waals surface area contributed by atoms with Gasteiger partial charge in [-0.05, 0) is 43.4 Å². The smallest absolute Gasteiger partial charge is 0.00308 e. The summed E-state index contributed by atoms with van der Waals surface area (Å²) < 4.78 is 0. The lowest BCUT2D eigenvalue weighted by Crippen LogP contribution is -2.34. The molecule has 0 spiro atoms. The summed E-state index contributed by atoms with van der Waals surface area (Å²) in [6, 6.07) is 0. The lowest BCUT2D eigenvalue weighted by Gasteiger charge is -2.45. The summed E-state index contributed by atoms with van der Waals surface area (Å²) >= 11 is 0. The normalized spacial score (nSPS) is 36.4. The summed E-state index contributed by atoms with van der Waals surface area (Å²) in [4.78, 5) is 0. The van der Waals surface area contributed by atoms with Gasteiger partial charge in [-0.3, -0.25) is 0 Å². The van der Waals surface area contributed by atoms with Gasteiger partial charge in [0.2, 0.25) is 0 Å². The fourth-order valence-electron chi connectivity index (χ4n) is 3.33. The minimum atomic E-state index is 0.535. The second kappa shape index (κ2) is 3.81. The van der Waals surface area contributed by atoms with Gasteiger partial charge in [-0.2, -0.15) is 0 Å². The molecule has 0 saturated heterocycles. The van der Waals surface area contributed by atoms with Gasteiger partial charge in [0.25, 0.3) is 0 Å². The highest BCUT2D eigenvalue weighted by molar-refractivity contribution is 5.25. The van der Waals surface area contributed by atoms with E-state index in [4.69, 9.17) is 0 Å². The molecule has 0 nitrogen and oxygen atoms in total. The van der Waals surface area contributed by atoms with E-state index in [2.05, 4.69) is 33.4 Å². The molecule has 15 heavy (non-hydrogen) atoms.